The molecule has 2 N–H and O–H groups in total. The predicted octanol–water partition coefficient (Wildman–Crippen LogP) is 2.54. The van der Waals surface area contributed by atoms with Crippen molar-refractivity contribution in [3.8, 4) is 0 Å². The SMILES string of the molecule is CC.COC(=O)C(C)CC/C=C\CN=C(C)N. The van der Waals surface area contributed by atoms with Crippen LogP contribution < -0.4 is 5.73 Å². The van der Waals surface area contributed by atoms with E-state index in [1.807, 2.05) is 32.9 Å². The molecule has 0 saturated carbocycles. The number of methoxy groups -OCH3 is 1. The fourth-order valence-corrected chi connectivity index (χ4v) is 1.05. The van der Waals surface area contributed by atoms with Crippen LogP contribution >= 0.6 is 0 Å². The van der Waals surface area contributed by atoms with Crippen molar-refractivity contribution in [3.05, 3.63) is 12.2 Å². The van der Waals surface area contributed by atoms with Gasteiger partial charge in [0.2, 0.25) is 0 Å². The Morgan fingerprint density at radius 1 is 1.41 bits per heavy atom. The van der Waals surface area contributed by atoms with Gasteiger partial charge in [-0.05, 0) is 19.8 Å². The molecule has 100 valence electrons. The number of aliphatic imine (C=N–C) groups is 1. The molecule has 1 unspecified atom stereocenters. The van der Waals surface area contributed by atoms with E-state index < -0.39 is 0 Å². The summed E-state index contributed by atoms with van der Waals surface area (Å²) in [6.45, 7) is 8.23. The molecule has 0 aromatic carbocycles. The van der Waals surface area contributed by atoms with Gasteiger partial charge in [0.15, 0.2) is 0 Å². The van der Waals surface area contributed by atoms with Crippen molar-refractivity contribution in [1.82, 2.24) is 0 Å². The molecule has 17 heavy (non-hydrogen) atoms. The van der Waals surface area contributed by atoms with Gasteiger partial charge in [-0.1, -0.05) is 32.9 Å². The summed E-state index contributed by atoms with van der Waals surface area (Å²) in [5.41, 5.74) is 5.37. The van der Waals surface area contributed by atoms with E-state index >= 15 is 0 Å². The van der Waals surface area contributed by atoms with E-state index in [1.54, 1.807) is 6.92 Å². The van der Waals surface area contributed by atoms with Crippen LogP contribution in [0, 0.1) is 5.92 Å². The quantitative estimate of drug-likeness (QED) is 0.337. The Morgan fingerprint density at radius 2 is 2.00 bits per heavy atom. The van der Waals surface area contributed by atoms with Gasteiger partial charge in [0, 0.05) is 0 Å². The van der Waals surface area contributed by atoms with Gasteiger partial charge in [-0.15, -0.1) is 0 Å². The van der Waals surface area contributed by atoms with E-state index in [-0.39, 0.29) is 11.9 Å². The Kier molecular flexibility index (Phi) is 13.5. The minimum absolute atomic E-state index is 0.0422. The number of ether oxygens (including phenoxy) is 1. The third-order valence-electron chi connectivity index (χ3n) is 1.98. The predicted molar refractivity (Wildman–Crippen MR) is 73.1 cm³/mol. The summed E-state index contributed by atoms with van der Waals surface area (Å²) in [6, 6.07) is 0. The van der Waals surface area contributed by atoms with E-state index in [2.05, 4.69) is 9.73 Å². The Labute approximate surface area is 105 Å². The van der Waals surface area contributed by atoms with Gasteiger partial charge in [0.25, 0.3) is 0 Å². The second-order valence-electron chi connectivity index (χ2n) is 3.46. The van der Waals surface area contributed by atoms with Crippen LogP contribution in [0.1, 0.15) is 40.5 Å². The molecule has 1 atom stereocenters. The van der Waals surface area contributed by atoms with Crippen molar-refractivity contribution >= 4 is 11.8 Å². The lowest BCUT2D eigenvalue weighted by molar-refractivity contribution is -0.144. The maximum Gasteiger partial charge on any atom is 0.308 e. The number of carbonyl (C=O) groups excluding carboxylic acids is 1. The van der Waals surface area contributed by atoms with Crippen LogP contribution in [-0.4, -0.2) is 25.5 Å². The van der Waals surface area contributed by atoms with Crippen LogP contribution in [0.15, 0.2) is 17.1 Å². The standard InChI is InChI=1S/C11H20N2O2.C2H6/c1-9(11(14)15-3)7-5-4-6-8-13-10(2)12;1-2/h4,6,9H,5,7-8H2,1-3H3,(H2,12,13);1-2H3/b6-4-;. The fourth-order valence-electron chi connectivity index (χ4n) is 1.05. The van der Waals surface area contributed by atoms with Crippen molar-refractivity contribution in [2.75, 3.05) is 13.7 Å². The number of amidine groups is 1. The summed E-state index contributed by atoms with van der Waals surface area (Å²) in [7, 11) is 1.41. The molecule has 0 radical (unpaired) electrons. The third kappa shape index (κ3) is 12.6. The van der Waals surface area contributed by atoms with Crippen LogP contribution in [0.4, 0.5) is 0 Å². The topological polar surface area (TPSA) is 64.7 Å². The van der Waals surface area contributed by atoms with Crippen LogP contribution in [0.25, 0.3) is 0 Å². The fraction of sp³-hybridized carbons (Fsp3) is 0.692. The molecule has 0 aromatic rings. The molecule has 4 heteroatoms. The number of hydrogen-bond acceptors (Lipinski definition) is 3. The number of rotatable bonds is 6. The highest BCUT2D eigenvalue weighted by Crippen LogP contribution is 2.07. The minimum atomic E-state index is -0.153. The van der Waals surface area contributed by atoms with E-state index in [0.717, 1.165) is 12.8 Å². The lowest BCUT2D eigenvalue weighted by Crippen LogP contribution is -2.11. The zero-order chi connectivity index (χ0) is 13.7. The molecule has 0 aliphatic carbocycles. The molecule has 0 rings (SSSR count). The minimum Gasteiger partial charge on any atom is -0.469 e. The second kappa shape index (κ2) is 12.7. The van der Waals surface area contributed by atoms with Gasteiger partial charge >= 0.3 is 5.97 Å². The van der Waals surface area contributed by atoms with Gasteiger partial charge in [0.1, 0.15) is 0 Å². The van der Waals surface area contributed by atoms with Crippen molar-refractivity contribution in [3.63, 3.8) is 0 Å². The second-order valence-corrected chi connectivity index (χ2v) is 3.46. The summed E-state index contributed by atoms with van der Waals surface area (Å²) in [4.78, 5) is 15.0. The molecule has 0 aromatic heterocycles. The number of hydrogen-bond donors (Lipinski definition) is 1. The lowest BCUT2D eigenvalue weighted by Gasteiger charge is -2.05. The molecule has 0 bridgehead atoms. The summed E-state index contributed by atoms with van der Waals surface area (Å²) in [5.74, 6) is 0.390. The lowest BCUT2D eigenvalue weighted by atomic mass is 10.1. The first-order chi connectivity index (χ1) is 8.07. The molecule has 0 spiro atoms. The van der Waals surface area contributed by atoms with E-state index in [0.29, 0.717) is 12.4 Å². The summed E-state index contributed by atoms with van der Waals surface area (Å²) >= 11 is 0. The number of carbonyl (C=O) groups is 1. The zero-order valence-electron chi connectivity index (χ0n) is 11.7. The van der Waals surface area contributed by atoms with Crippen molar-refractivity contribution < 1.29 is 9.53 Å². The third-order valence-corrected chi connectivity index (χ3v) is 1.98. The molecule has 0 amide bonds. The van der Waals surface area contributed by atoms with Crippen molar-refractivity contribution in [1.29, 1.82) is 0 Å². The maximum absolute atomic E-state index is 11.0. The number of esters is 1. The van der Waals surface area contributed by atoms with E-state index in [4.69, 9.17) is 5.73 Å². The number of allylic oxidation sites excluding steroid dienone is 1. The van der Waals surface area contributed by atoms with Crippen LogP contribution in [-0.2, 0) is 9.53 Å². The van der Waals surface area contributed by atoms with Gasteiger partial charge in [-0.3, -0.25) is 9.79 Å². The largest absolute Gasteiger partial charge is 0.469 e. The van der Waals surface area contributed by atoms with Crippen molar-refractivity contribution in [2.45, 2.75) is 40.5 Å². The molecule has 0 heterocycles. The van der Waals surface area contributed by atoms with Crippen LogP contribution in [0.3, 0.4) is 0 Å². The van der Waals surface area contributed by atoms with Crippen molar-refractivity contribution in [2.24, 2.45) is 16.6 Å². The highest BCUT2D eigenvalue weighted by molar-refractivity contribution is 5.77. The first-order valence-corrected chi connectivity index (χ1v) is 6.07. The maximum atomic E-state index is 11.0. The van der Waals surface area contributed by atoms with Gasteiger partial charge in [-0.25, -0.2) is 0 Å². The first-order valence-electron chi connectivity index (χ1n) is 6.07. The molecular formula is C13H26N2O2. The molecular weight excluding hydrogens is 216 g/mol. The van der Waals surface area contributed by atoms with Gasteiger partial charge < -0.3 is 10.5 Å². The molecule has 0 aliphatic heterocycles. The average molecular weight is 242 g/mol. The summed E-state index contributed by atoms with van der Waals surface area (Å²) in [5, 5.41) is 0. The highest BCUT2D eigenvalue weighted by Gasteiger charge is 2.10. The normalized spacial score (nSPS) is 12.9. The highest BCUT2D eigenvalue weighted by atomic mass is 16.5. The first kappa shape index (κ1) is 18.1. The van der Waals surface area contributed by atoms with Crippen LogP contribution in [0.2, 0.25) is 0 Å². The average Bonchev–Trinajstić information content (AvgIpc) is 2.34. The Bertz CT molecular complexity index is 244. The monoisotopic (exact) mass is 242 g/mol. The van der Waals surface area contributed by atoms with Gasteiger partial charge in [-0.2, -0.15) is 0 Å². The zero-order valence-corrected chi connectivity index (χ0v) is 11.7. The Morgan fingerprint density at radius 3 is 2.47 bits per heavy atom. The molecule has 0 saturated heterocycles. The Hall–Kier alpha value is -1.32. The number of nitrogens with zero attached hydrogens (tertiary/aromatic N) is 1. The molecule has 4 nitrogen and oxygen atoms in total. The van der Waals surface area contributed by atoms with E-state index in [1.165, 1.54) is 7.11 Å². The summed E-state index contributed by atoms with van der Waals surface area (Å²) in [6.07, 6.45) is 5.61. The van der Waals surface area contributed by atoms with E-state index in [9.17, 15) is 4.79 Å². The number of nitrogens with two attached hydrogens (primary N) is 1. The van der Waals surface area contributed by atoms with Crippen LogP contribution in [0.5, 0.6) is 0 Å². The van der Waals surface area contributed by atoms with Gasteiger partial charge in [0.05, 0.1) is 25.4 Å². The smallest absolute Gasteiger partial charge is 0.308 e. The molecule has 0 fully saturated rings. The molecule has 0 aliphatic rings. The Balaban J connectivity index is 0. The summed E-state index contributed by atoms with van der Waals surface area (Å²) < 4.78 is 4.62.